The third-order valence-electron chi connectivity index (χ3n) is 3.72. The highest BCUT2D eigenvalue weighted by atomic mass is 16.5. The molecule has 0 aliphatic carbocycles. The Morgan fingerprint density at radius 1 is 1.45 bits per heavy atom. The number of fused-ring (bicyclic) bond motifs is 1. The molecule has 0 saturated carbocycles. The first-order valence-corrected chi connectivity index (χ1v) is 6.99. The largest absolute Gasteiger partial charge is 0.493 e. The van der Waals surface area contributed by atoms with Crippen LogP contribution >= 0.6 is 0 Å². The summed E-state index contributed by atoms with van der Waals surface area (Å²) in [5.41, 5.74) is 0.0683. The van der Waals surface area contributed by atoms with Gasteiger partial charge >= 0.3 is 0 Å². The average Bonchev–Trinajstić information content (AvgIpc) is 2.88. The van der Waals surface area contributed by atoms with Gasteiger partial charge < -0.3 is 19.6 Å². The summed E-state index contributed by atoms with van der Waals surface area (Å²) in [6.45, 7) is 6.35. The Labute approximate surface area is 119 Å². The summed E-state index contributed by atoms with van der Waals surface area (Å²) in [6, 6.07) is 7.87. The minimum Gasteiger partial charge on any atom is -0.493 e. The molecular formula is C16H23NO3. The number of hydrogen-bond donors (Lipinski definition) is 2. The topological polar surface area (TPSA) is 54.6 Å². The molecule has 2 N–H and O–H groups in total. The molecule has 0 fully saturated rings. The summed E-state index contributed by atoms with van der Waals surface area (Å²) in [5, 5.41) is 14.4. The van der Waals surface area contributed by atoms with Crippen LogP contribution in [-0.4, -0.2) is 24.4 Å². The lowest BCUT2D eigenvalue weighted by molar-refractivity contribution is 0.0527. The van der Waals surface area contributed by atoms with Gasteiger partial charge in [-0.2, -0.15) is 0 Å². The molecule has 110 valence electrons. The van der Waals surface area contributed by atoms with Crippen LogP contribution in [0.25, 0.3) is 11.0 Å². The fourth-order valence-corrected chi connectivity index (χ4v) is 2.03. The van der Waals surface area contributed by atoms with E-state index < -0.39 is 5.60 Å². The summed E-state index contributed by atoms with van der Waals surface area (Å²) < 4.78 is 11.2. The van der Waals surface area contributed by atoms with E-state index in [-0.39, 0.29) is 6.04 Å². The number of hydrogen-bond acceptors (Lipinski definition) is 4. The molecule has 0 amide bonds. The molecular weight excluding hydrogens is 254 g/mol. The normalized spacial score (nSPS) is 16.1. The number of ether oxygens (including phenoxy) is 1. The first kappa shape index (κ1) is 14.9. The standard InChI is InChI=1S/C16H23NO3/c1-5-16(3,18)10-17-11(2)14-9-12-7-6-8-13(19-4)15(12)20-14/h6-9,11,17-18H,5,10H2,1-4H3. The molecule has 4 nitrogen and oxygen atoms in total. The van der Waals surface area contributed by atoms with Crippen LogP contribution in [0.5, 0.6) is 5.75 Å². The van der Waals surface area contributed by atoms with Crippen LogP contribution in [0, 0.1) is 0 Å². The van der Waals surface area contributed by atoms with Crippen molar-refractivity contribution in [3.63, 3.8) is 0 Å². The van der Waals surface area contributed by atoms with E-state index in [1.807, 2.05) is 45.0 Å². The highest BCUT2D eigenvalue weighted by Crippen LogP contribution is 2.30. The van der Waals surface area contributed by atoms with E-state index in [0.29, 0.717) is 13.0 Å². The minimum absolute atomic E-state index is 0.0325. The molecule has 0 aliphatic heterocycles. The number of nitrogens with one attached hydrogen (secondary N) is 1. The average molecular weight is 277 g/mol. The van der Waals surface area contributed by atoms with Crippen LogP contribution in [0.3, 0.4) is 0 Å². The third-order valence-corrected chi connectivity index (χ3v) is 3.72. The number of furan rings is 1. The molecule has 0 spiro atoms. The minimum atomic E-state index is -0.696. The summed E-state index contributed by atoms with van der Waals surface area (Å²) in [4.78, 5) is 0. The monoisotopic (exact) mass is 277 g/mol. The Hall–Kier alpha value is -1.52. The predicted octanol–water partition coefficient (Wildman–Crippen LogP) is 3.25. The van der Waals surface area contributed by atoms with E-state index >= 15 is 0 Å². The number of rotatable bonds is 6. The third kappa shape index (κ3) is 3.14. The summed E-state index contributed by atoms with van der Waals surface area (Å²) in [6.07, 6.45) is 0.709. The van der Waals surface area contributed by atoms with Crippen molar-refractivity contribution in [3.8, 4) is 5.75 Å². The van der Waals surface area contributed by atoms with Gasteiger partial charge in [0.05, 0.1) is 18.8 Å². The fourth-order valence-electron chi connectivity index (χ4n) is 2.03. The molecule has 2 unspecified atom stereocenters. The highest BCUT2D eigenvalue weighted by molar-refractivity contribution is 5.83. The zero-order valence-corrected chi connectivity index (χ0v) is 12.6. The molecule has 1 aromatic heterocycles. The van der Waals surface area contributed by atoms with E-state index in [9.17, 15) is 5.11 Å². The van der Waals surface area contributed by atoms with Crippen molar-refractivity contribution in [3.05, 3.63) is 30.0 Å². The first-order valence-electron chi connectivity index (χ1n) is 6.99. The molecule has 1 heterocycles. The Bertz CT molecular complexity index is 574. The zero-order chi connectivity index (χ0) is 14.8. The van der Waals surface area contributed by atoms with E-state index in [4.69, 9.17) is 9.15 Å². The van der Waals surface area contributed by atoms with Crippen molar-refractivity contribution in [2.24, 2.45) is 0 Å². The van der Waals surface area contributed by atoms with Gasteiger partial charge in [0, 0.05) is 11.9 Å². The lowest BCUT2D eigenvalue weighted by Crippen LogP contribution is -2.38. The van der Waals surface area contributed by atoms with E-state index in [0.717, 1.165) is 22.5 Å². The lowest BCUT2D eigenvalue weighted by atomic mass is 10.0. The van der Waals surface area contributed by atoms with Gasteiger partial charge in [0.2, 0.25) is 0 Å². The van der Waals surface area contributed by atoms with E-state index in [2.05, 4.69) is 5.32 Å². The maximum Gasteiger partial charge on any atom is 0.176 e. The van der Waals surface area contributed by atoms with E-state index in [1.165, 1.54) is 0 Å². The molecule has 2 rings (SSSR count). The molecule has 0 bridgehead atoms. The second-order valence-electron chi connectivity index (χ2n) is 5.48. The van der Waals surface area contributed by atoms with Crippen molar-refractivity contribution in [1.29, 1.82) is 0 Å². The van der Waals surface area contributed by atoms with Crippen molar-refractivity contribution in [2.75, 3.05) is 13.7 Å². The molecule has 0 radical (unpaired) electrons. The lowest BCUT2D eigenvalue weighted by Gasteiger charge is -2.23. The molecule has 2 atom stereocenters. The Morgan fingerprint density at radius 3 is 2.85 bits per heavy atom. The van der Waals surface area contributed by atoms with Crippen LogP contribution in [0.2, 0.25) is 0 Å². The van der Waals surface area contributed by atoms with Crippen LogP contribution in [0.15, 0.2) is 28.7 Å². The van der Waals surface area contributed by atoms with Gasteiger partial charge in [-0.1, -0.05) is 19.1 Å². The zero-order valence-electron chi connectivity index (χ0n) is 12.6. The van der Waals surface area contributed by atoms with Crippen molar-refractivity contribution in [2.45, 2.75) is 38.8 Å². The maximum absolute atomic E-state index is 10.0. The number of aliphatic hydroxyl groups is 1. The van der Waals surface area contributed by atoms with Crippen molar-refractivity contribution < 1.29 is 14.3 Å². The van der Waals surface area contributed by atoms with Crippen LogP contribution in [-0.2, 0) is 0 Å². The van der Waals surface area contributed by atoms with Gasteiger partial charge in [0.15, 0.2) is 11.3 Å². The van der Waals surface area contributed by atoms with Crippen molar-refractivity contribution >= 4 is 11.0 Å². The van der Waals surface area contributed by atoms with Gasteiger partial charge in [-0.3, -0.25) is 0 Å². The maximum atomic E-state index is 10.0. The van der Waals surface area contributed by atoms with Crippen LogP contribution in [0.1, 0.15) is 39.0 Å². The summed E-state index contributed by atoms with van der Waals surface area (Å²) in [7, 11) is 1.64. The Morgan fingerprint density at radius 2 is 2.20 bits per heavy atom. The van der Waals surface area contributed by atoms with Crippen molar-refractivity contribution in [1.82, 2.24) is 5.32 Å². The second kappa shape index (κ2) is 5.85. The number of benzene rings is 1. The molecule has 4 heteroatoms. The molecule has 1 aromatic carbocycles. The highest BCUT2D eigenvalue weighted by Gasteiger charge is 2.20. The van der Waals surface area contributed by atoms with Crippen LogP contribution in [0.4, 0.5) is 0 Å². The molecule has 0 aliphatic rings. The van der Waals surface area contributed by atoms with Gasteiger partial charge in [0.25, 0.3) is 0 Å². The molecule has 20 heavy (non-hydrogen) atoms. The second-order valence-corrected chi connectivity index (χ2v) is 5.48. The Balaban J connectivity index is 2.16. The smallest absolute Gasteiger partial charge is 0.176 e. The number of para-hydroxylation sites is 1. The molecule has 2 aromatic rings. The van der Waals surface area contributed by atoms with Gasteiger partial charge in [-0.25, -0.2) is 0 Å². The fraction of sp³-hybridized carbons (Fsp3) is 0.500. The summed E-state index contributed by atoms with van der Waals surface area (Å²) in [5.74, 6) is 1.58. The summed E-state index contributed by atoms with van der Waals surface area (Å²) >= 11 is 0. The van der Waals surface area contributed by atoms with Gasteiger partial charge in [-0.15, -0.1) is 0 Å². The molecule has 0 saturated heterocycles. The Kier molecular flexibility index (Phi) is 4.35. The number of methoxy groups -OCH3 is 1. The van der Waals surface area contributed by atoms with E-state index in [1.54, 1.807) is 7.11 Å². The van der Waals surface area contributed by atoms with Gasteiger partial charge in [0.1, 0.15) is 5.76 Å². The van der Waals surface area contributed by atoms with Crippen LogP contribution < -0.4 is 10.1 Å². The van der Waals surface area contributed by atoms with Gasteiger partial charge in [-0.05, 0) is 32.4 Å². The predicted molar refractivity (Wildman–Crippen MR) is 80.1 cm³/mol. The quantitative estimate of drug-likeness (QED) is 0.851. The first-order chi connectivity index (χ1) is 9.46. The SMILES string of the molecule is CCC(C)(O)CNC(C)c1cc2cccc(OC)c2o1.